The number of carbonyl (C=O) groups excluding carboxylic acids is 2. The highest BCUT2D eigenvalue weighted by molar-refractivity contribution is 5.87. The third-order valence-corrected chi connectivity index (χ3v) is 6.07. The smallest absolute Gasteiger partial charge is 0.411 e. The Balaban J connectivity index is 2.32. The summed E-state index contributed by atoms with van der Waals surface area (Å²) in [5.41, 5.74) is -1.85. The normalized spacial score (nSPS) is 13.6. The summed E-state index contributed by atoms with van der Waals surface area (Å²) in [6, 6.07) is 23.3. The van der Waals surface area contributed by atoms with Gasteiger partial charge in [0.1, 0.15) is 11.7 Å². The molecule has 2 atom stereocenters. The fourth-order valence-corrected chi connectivity index (χ4v) is 4.33. The van der Waals surface area contributed by atoms with Crippen molar-refractivity contribution in [3.05, 3.63) is 112 Å². The third kappa shape index (κ3) is 7.20. The van der Waals surface area contributed by atoms with Gasteiger partial charge in [0, 0.05) is 18.6 Å². The molecule has 0 aliphatic heterocycles. The molecule has 3 rings (SSSR count). The minimum atomic E-state index is -2.05. The number of hydrogen-bond donors (Lipinski definition) is 1. The first kappa shape index (κ1) is 29.3. The summed E-state index contributed by atoms with van der Waals surface area (Å²) in [7, 11) is 0. The molecule has 0 saturated carbocycles. The van der Waals surface area contributed by atoms with Crippen molar-refractivity contribution >= 4 is 17.7 Å². The fourth-order valence-electron chi connectivity index (χ4n) is 4.33. The lowest BCUT2D eigenvalue weighted by Crippen LogP contribution is -2.63. The van der Waals surface area contributed by atoms with E-state index in [1.165, 1.54) is 29.2 Å². The van der Waals surface area contributed by atoms with E-state index in [-0.39, 0.29) is 30.8 Å². The van der Waals surface area contributed by atoms with Crippen LogP contribution >= 0.6 is 0 Å². The standard InChI is InChI=1S/C30H34N2O7/c1-5-38-27(34)30(20-22-13-8-6-9-14-22,26(33)24-17-12-18-25(19-24)32(36)37)31(28(35)39-29(2,3)4)21-23-15-10-7-11-16-23/h6-19,26,33H,5,20-21H2,1-4H3/t26-,30+/m0/s1. The highest BCUT2D eigenvalue weighted by atomic mass is 16.6. The Hall–Kier alpha value is -4.24. The number of nitro groups is 1. The molecule has 0 spiro atoms. The lowest BCUT2D eigenvalue weighted by molar-refractivity contribution is -0.385. The topological polar surface area (TPSA) is 119 Å². The molecule has 0 aliphatic carbocycles. The number of carbonyl (C=O) groups is 2. The van der Waals surface area contributed by atoms with Crippen molar-refractivity contribution < 1.29 is 29.1 Å². The number of rotatable bonds is 10. The van der Waals surface area contributed by atoms with E-state index in [4.69, 9.17) is 9.47 Å². The highest BCUT2D eigenvalue weighted by Gasteiger charge is 2.55. The Labute approximate surface area is 228 Å². The number of non-ortho nitro benzene ring substituents is 1. The molecule has 0 saturated heterocycles. The molecule has 39 heavy (non-hydrogen) atoms. The van der Waals surface area contributed by atoms with E-state index >= 15 is 0 Å². The van der Waals surface area contributed by atoms with Gasteiger partial charge in [-0.25, -0.2) is 9.59 Å². The van der Waals surface area contributed by atoms with Gasteiger partial charge in [-0.2, -0.15) is 0 Å². The van der Waals surface area contributed by atoms with Crippen molar-refractivity contribution in [1.82, 2.24) is 4.90 Å². The summed E-state index contributed by atoms with van der Waals surface area (Å²) in [5, 5.41) is 23.6. The average Bonchev–Trinajstić information content (AvgIpc) is 2.90. The number of benzene rings is 3. The Bertz CT molecular complexity index is 1280. The second-order valence-corrected chi connectivity index (χ2v) is 10.1. The SMILES string of the molecule is CCOC(=O)[C@@](Cc1ccccc1)([C@@H](O)c1cccc([N+](=O)[O-])c1)N(Cc1ccccc1)C(=O)OC(C)(C)C. The van der Waals surface area contributed by atoms with Gasteiger partial charge in [0.15, 0.2) is 5.54 Å². The van der Waals surface area contributed by atoms with E-state index in [2.05, 4.69) is 0 Å². The molecule has 1 amide bonds. The van der Waals surface area contributed by atoms with Gasteiger partial charge in [0.2, 0.25) is 0 Å². The summed E-state index contributed by atoms with van der Waals surface area (Å²) >= 11 is 0. The Morgan fingerprint density at radius 3 is 2.08 bits per heavy atom. The first-order chi connectivity index (χ1) is 18.5. The van der Waals surface area contributed by atoms with E-state index in [9.17, 15) is 24.8 Å². The fraction of sp³-hybridized carbons (Fsp3) is 0.333. The average molecular weight is 535 g/mol. The zero-order valence-corrected chi connectivity index (χ0v) is 22.6. The number of esters is 1. The predicted octanol–water partition coefficient (Wildman–Crippen LogP) is 5.61. The number of aliphatic hydroxyl groups is 1. The van der Waals surface area contributed by atoms with Gasteiger partial charge in [-0.3, -0.25) is 15.0 Å². The van der Waals surface area contributed by atoms with E-state index < -0.39 is 34.2 Å². The zero-order valence-electron chi connectivity index (χ0n) is 22.6. The Morgan fingerprint density at radius 2 is 1.54 bits per heavy atom. The second kappa shape index (κ2) is 12.5. The monoisotopic (exact) mass is 534 g/mol. The molecule has 0 aromatic heterocycles. The minimum Gasteiger partial charge on any atom is -0.464 e. The molecular formula is C30H34N2O7. The van der Waals surface area contributed by atoms with E-state index in [0.717, 1.165) is 0 Å². The van der Waals surface area contributed by atoms with Crippen molar-refractivity contribution in [1.29, 1.82) is 0 Å². The van der Waals surface area contributed by atoms with Crippen LogP contribution in [0.2, 0.25) is 0 Å². The number of hydrogen-bond acceptors (Lipinski definition) is 7. The molecule has 9 nitrogen and oxygen atoms in total. The van der Waals surface area contributed by atoms with Gasteiger partial charge in [-0.15, -0.1) is 0 Å². The molecule has 0 unspecified atom stereocenters. The van der Waals surface area contributed by atoms with Crippen LogP contribution in [0, 0.1) is 10.1 Å². The quantitative estimate of drug-likeness (QED) is 0.204. The van der Waals surface area contributed by atoms with Crippen LogP contribution < -0.4 is 0 Å². The molecule has 206 valence electrons. The first-order valence-electron chi connectivity index (χ1n) is 12.7. The van der Waals surface area contributed by atoms with Crippen LogP contribution in [0.15, 0.2) is 84.9 Å². The lowest BCUT2D eigenvalue weighted by atomic mass is 9.80. The maximum absolute atomic E-state index is 14.0. The van der Waals surface area contributed by atoms with Crippen LogP contribution in [0.5, 0.6) is 0 Å². The van der Waals surface area contributed by atoms with Crippen LogP contribution in [-0.2, 0) is 27.2 Å². The van der Waals surface area contributed by atoms with Crippen LogP contribution in [-0.4, -0.2) is 44.7 Å². The van der Waals surface area contributed by atoms with E-state index in [1.54, 1.807) is 76.2 Å². The largest absolute Gasteiger partial charge is 0.464 e. The maximum atomic E-state index is 14.0. The number of nitro benzene ring substituents is 1. The number of ether oxygens (including phenoxy) is 2. The summed E-state index contributed by atoms with van der Waals surface area (Å²) in [6.07, 6.45) is -2.71. The first-order valence-corrected chi connectivity index (χ1v) is 12.7. The van der Waals surface area contributed by atoms with Gasteiger partial charge in [0.25, 0.3) is 5.69 Å². The highest BCUT2D eigenvalue weighted by Crippen LogP contribution is 2.39. The second-order valence-electron chi connectivity index (χ2n) is 10.1. The summed E-state index contributed by atoms with van der Waals surface area (Å²) in [5.74, 6) is -0.866. The predicted molar refractivity (Wildman–Crippen MR) is 146 cm³/mol. The third-order valence-electron chi connectivity index (χ3n) is 6.07. The van der Waals surface area contributed by atoms with Crippen molar-refractivity contribution in [3.8, 4) is 0 Å². The van der Waals surface area contributed by atoms with E-state index in [1.807, 2.05) is 12.1 Å². The molecule has 1 N–H and O–H groups in total. The molecule has 3 aromatic carbocycles. The molecule has 0 radical (unpaired) electrons. The van der Waals surface area contributed by atoms with Crippen molar-refractivity contribution in [2.45, 2.75) is 57.9 Å². The van der Waals surface area contributed by atoms with Gasteiger partial charge >= 0.3 is 12.1 Å². The molecule has 3 aromatic rings. The summed E-state index contributed by atoms with van der Waals surface area (Å²) in [4.78, 5) is 40.1. The number of nitrogens with zero attached hydrogens (tertiary/aromatic N) is 2. The van der Waals surface area contributed by atoms with Gasteiger partial charge in [0.05, 0.1) is 18.1 Å². The van der Waals surface area contributed by atoms with Crippen LogP contribution in [0.25, 0.3) is 0 Å². The maximum Gasteiger partial charge on any atom is 0.411 e. The summed E-state index contributed by atoms with van der Waals surface area (Å²) in [6.45, 7) is 6.60. The van der Waals surface area contributed by atoms with Crippen molar-refractivity contribution in [2.24, 2.45) is 0 Å². The summed E-state index contributed by atoms with van der Waals surface area (Å²) < 4.78 is 11.3. The minimum absolute atomic E-state index is 0.0233. The van der Waals surface area contributed by atoms with Crippen molar-refractivity contribution in [2.75, 3.05) is 6.61 Å². The van der Waals surface area contributed by atoms with Gasteiger partial charge in [-0.1, -0.05) is 72.8 Å². The van der Waals surface area contributed by atoms with Crippen LogP contribution in [0.4, 0.5) is 10.5 Å². The molecule has 0 heterocycles. The Morgan fingerprint density at radius 1 is 0.949 bits per heavy atom. The number of amides is 1. The van der Waals surface area contributed by atoms with Crippen LogP contribution in [0.3, 0.4) is 0 Å². The van der Waals surface area contributed by atoms with Gasteiger partial charge < -0.3 is 14.6 Å². The molecule has 0 aliphatic rings. The molecule has 0 fully saturated rings. The molecule has 0 bridgehead atoms. The molecule has 9 heteroatoms. The Kier molecular flexibility index (Phi) is 9.42. The molecular weight excluding hydrogens is 500 g/mol. The lowest BCUT2D eigenvalue weighted by Gasteiger charge is -2.45. The number of aliphatic hydroxyl groups excluding tert-OH is 1. The van der Waals surface area contributed by atoms with Crippen molar-refractivity contribution in [3.63, 3.8) is 0 Å². The van der Waals surface area contributed by atoms with E-state index in [0.29, 0.717) is 11.1 Å². The zero-order chi connectivity index (χ0) is 28.6. The van der Waals surface area contributed by atoms with Crippen LogP contribution in [0.1, 0.15) is 50.5 Å². The van der Waals surface area contributed by atoms with Gasteiger partial charge in [-0.05, 0) is 44.4 Å².